The van der Waals surface area contributed by atoms with E-state index in [4.69, 9.17) is 4.74 Å². The summed E-state index contributed by atoms with van der Waals surface area (Å²) < 4.78 is 5.71. The van der Waals surface area contributed by atoms with Crippen LogP contribution in [0.4, 0.5) is 0 Å². The zero-order valence-corrected chi connectivity index (χ0v) is 15.4. The Labute approximate surface area is 155 Å². The second-order valence-corrected chi connectivity index (χ2v) is 7.15. The molecule has 2 aliphatic rings. The van der Waals surface area contributed by atoms with Crippen LogP contribution >= 0.6 is 0 Å². The molecule has 0 bridgehead atoms. The lowest BCUT2D eigenvalue weighted by Gasteiger charge is -2.35. The van der Waals surface area contributed by atoms with Crippen molar-refractivity contribution in [2.45, 2.75) is 51.0 Å². The van der Waals surface area contributed by atoms with Crippen molar-refractivity contribution >= 4 is 11.8 Å². The summed E-state index contributed by atoms with van der Waals surface area (Å²) >= 11 is 0. The molecule has 0 aliphatic carbocycles. The molecule has 142 valence electrons. The Balaban J connectivity index is 1.51. The van der Waals surface area contributed by atoms with Gasteiger partial charge in [0.1, 0.15) is 0 Å². The van der Waals surface area contributed by atoms with Crippen molar-refractivity contribution in [2.75, 3.05) is 32.8 Å². The summed E-state index contributed by atoms with van der Waals surface area (Å²) in [5.41, 5.74) is 1.06. The molecule has 3 heterocycles. The number of likely N-dealkylation sites (tertiary alicyclic amines) is 1. The minimum absolute atomic E-state index is 0.0525. The summed E-state index contributed by atoms with van der Waals surface area (Å²) in [6, 6.07) is 3.86. The average Bonchev–Trinajstić information content (AvgIpc) is 2.66. The third kappa shape index (κ3) is 5.27. The first-order chi connectivity index (χ1) is 12.7. The third-order valence-corrected chi connectivity index (χ3v) is 5.21. The molecule has 6 heteroatoms. The van der Waals surface area contributed by atoms with Crippen LogP contribution in [0.3, 0.4) is 0 Å². The molecule has 0 spiro atoms. The van der Waals surface area contributed by atoms with Gasteiger partial charge in [0.05, 0.1) is 13.2 Å². The van der Waals surface area contributed by atoms with Crippen LogP contribution in [-0.2, 0) is 20.7 Å². The zero-order valence-electron chi connectivity index (χ0n) is 15.4. The van der Waals surface area contributed by atoms with Crippen LogP contribution < -0.4 is 0 Å². The van der Waals surface area contributed by atoms with Gasteiger partial charge in [-0.05, 0) is 30.9 Å². The predicted octanol–water partition coefficient (Wildman–Crippen LogP) is 2.03. The van der Waals surface area contributed by atoms with Crippen molar-refractivity contribution in [3.05, 3.63) is 30.1 Å². The Morgan fingerprint density at radius 1 is 1.08 bits per heavy atom. The Morgan fingerprint density at radius 3 is 2.58 bits per heavy atom. The number of ether oxygens (including phenoxy) is 1. The standard InChI is InChI=1S/C20H29N3O3/c24-19(9-8-17-7-6-10-21-15-17)23-13-14-26-18(16-23)20(25)22-11-4-2-1-3-5-12-22/h6-7,10,15,18H,1-5,8-9,11-14,16H2/t18-/m0/s1. The monoisotopic (exact) mass is 359 g/mol. The smallest absolute Gasteiger partial charge is 0.253 e. The molecule has 2 saturated heterocycles. The Morgan fingerprint density at radius 2 is 1.85 bits per heavy atom. The quantitative estimate of drug-likeness (QED) is 0.825. The maximum Gasteiger partial charge on any atom is 0.253 e. The average molecular weight is 359 g/mol. The number of carbonyl (C=O) groups excluding carboxylic acids is 2. The number of aromatic nitrogens is 1. The van der Waals surface area contributed by atoms with Gasteiger partial charge in [-0.2, -0.15) is 0 Å². The van der Waals surface area contributed by atoms with Gasteiger partial charge in [0.15, 0.2) is 6.10 Å². The Hall–Kier alpha value is -1.95. The van der Waals surface area contributed by atoms with Gasteiger partial charge < -0.3 is 14.5 Å². The number of hydrogen-bond acceptors (Lipinski definition) is 4. The number of aryl methyl sites for hydroxylation is 1. The number of carbonyl (C=O) groups is 2. The van der Waals surface area contributed by atoms with E-state index in [1.807, 2.05) is 17.0 Å². The first-order valence-corrected chi connectivity index (χ1v) is 9.81. The lowest BCUT2D eigenvalue weighted by Crippen LogP contribution is -2.53. The van der Waals surface area contributed by atoms with E-state index in [0.717, 1.165) is 31.5 Å². The molecular formula is C20H29N3O3. The molecule has 0 saturated carbocycles. The van der Waals surface area contributed by atoms with E-state index in [0.29, 0.717) is 32.5 Å². The number of hydrogen-bond donors (Lipinski definition) is 0. The molecule has 1 atom stereocenters. The van der Waals surface area contributed by atoms with Gasteiger partial charge in [-0.1, -0.05) is 25.3 Å². The van der Waals surface area contributed by atoms with E-state index < -0.39 is 6.10 Å². The maximum absolute atomic E-state index is 12.8. The van der Waals surface area contributed by atoms with Gasteiger partial charge in [-0.15, -0.1) is 0 Å². The fourth-order valence-corrected chi connectivity index (χ4v) is 3.65. The molecule has 6 nitrogen and oxygen atoms in total. The topological polar surface area (TPSA) is 62.7 Å². The van der Waals surface area contributed by atoms with Crippen molar-refractivity contribution < 1.29 is 14.3 Å². The first kappa shape index (κ1) is 18.8. The SMILES string of the molecule is O=C(CCc1cccnc1)N1CCO[C@H](C(=O)N2CCCCCCC2)C1. The van der Waals surface area contributed by atoms with Crippen molar-refractivity contribution in [3.63, 3.8) is 0 Å². The van der Waals surface area contributed by atoms with Crippen LogP contribution in [0.2, 0.25) is 0 Å². The summed E-state index contributed by atoms with van der Waals surface area (Å²) in [7, 11) is 0. The van der Waals surface area contributed by atoms with E-state index in [-0.39, 0.29) is 11.8 Å². The maximum atomic E-state index is 12.8. The van der Waals surface area contributed by atoms with Crippen LogP contribution in [0.5, 0.6) is 0 Å². The zero-order chi connectivity index (χ0) is 18.2. The van der Waals surface area contributed by atoms with Crippen LogP contribution in [0.25, 0.3) is 0 Å². The van der Waals surface area contributed by atoms with Gasteiger partial charge in [-0.3, -0.25) is 14.6 Å². The van der Waals surface area contributed by atoms with Crippen LogP contribution in [-0.4, -0.2) is 65.5 Å². The fourth-order valence-electron chi connectivity index (χ4n) is 3.65. The van der Waals surface area contributed by atoms with Crippen molar-refractivity contribution in [1.82, 2.24) is 14.8 Å². The molecule has 0 unspecified atom stereocenters. The Bertz CT molecular complexity index is 585. The highest BCUT2D eigenvalue weighted by molar-refractivity contribution is 5.83. The number of amides is 2. The number of rotatable bonds is 4. The molecule has 3 rings (SSSR count). The van der Waals surface area contributed by atoms with Crippen molar-refractivity contribution in [2.24, 2.45) is 0 Å². The number of pyridine rings is 1. The molecule has 0 aromatic carbocycles. The second-order valence-electron chi connectivity index (χ2n) is 7.15. The van der Waals surface area contributed by atoms with E-state index in [2.05, 4.69) is 4.98 Å². The Kier molecular flexibility index (Phi) is 7.00. The number of nitrogens with zero attached hydrogens (tertiary/aromatic N) is 3. The molecule has 0 radical (unpaired) electrons. The predicted molar refractivity (Wildman–Crippen MR) is 98.5 cm³/mol. The highest BCUT2D eigenvalue weighted by Gasteiger charge is 2.32. The van der Waals surface area contributed by atoms with E-state index in [1.165, 1.54) is 19.3 Å². The van der Waals surface area contributed by atoms with Crippen LogP contribution in [0.15, 0.2) is 24.5 Å². The van der Waals surface area contributed by atoms with Crippen molar-refractivity contribution in [1.29, 1.82) is 0 Å². The van der Waals surface area contributed by atoms with Crippen molar-refractivity contribution in [3.8, 4) is 0 Å². The van der Waals surface area contributed by atoms with Gasteiger partial charge in [0.25, 0.3) is 5.91 Å². The molecule has 1 aromatic heterocycles. The summed E-state index contributed by atoms with van der Waals surface area (Å²) in [6.07, 6.45) is 9.90. The van der Waals surface area contributed by atoms with Gasteiger partial charge in [-0.25, -0.2) is 0 Å². The molecular weight excluding hydrogens is 330 g/mol. The molecule has 26 heavy (non-hydrogen) atoms. The molecule has 1 aromatic rings. The number of morpholine rings is 1. The highest BCUT2D eigenvalue weighted by Crippen LogP contribution is 2.15. The normalized spacial score (nSPS) is 21.8. The van der Waals surface area contributed by atoms with Crippen LogP contribution in [0.1, 0.15) is 44.1 Å². The van der Waals surface area contributed by atoms with Gasteiger partial charge in [0, 0.05) is 38.4 Å². The summed E-state index contributed by atoms with van der Waals surface area (Å²) in [4.78, 5) is 33.2. The summed E-state index contributed by atoms with van der Waals surface area (Å²) in [5.74, 6) is 0.138. The van der Waals surface area contributed by atoms with Crippen LogP contribution in [0, 0.1) is 0 Å². The minimum atomic E-state index is -0.509. The molecule has 2 fully saturated rings. The van der Waals surface area contributed by atoms with E-state index in [9.17, 15) is 9.59 Å². The molecule has 2 amide bonds. The van der Waals surface area contributed by atoms with Gasteiger partial charge in [0.2, 0.25) is 5.91 Å². The van der Waals surface area contributed by atoms with E-state index in [1.54, 1.807) is 17.3 Å². The van der Waals surface area contributed by atoms with E-state index >= 15 is 0 Å². The fraction of sp³-hybridized carbons (Fsp3) is 0.650. The summed E-state index contributed by atoms with van der Waals surface area (Å²) in [6.45, 7) is 3.00. The summed E-state index contributed by atoms with van der Waals surface area (Å²) in [5, 5.41) is 0. The minimum Gasteiger partial charge on any atom is -0.365 e. The first-order valence-electron chi connectivity index (χ1n) is 9.81. The lowest BCUT2D eigenvalue weighted by molar-refractivity contribution is -0.154. The molecule has 2 aliphatic heterocycles. The van der Waals surface area contributed by atoms with Gasteiger partial charge >= 0.3 is 0 Å². The molecule has 0 N–H and O–H groups in total. The largest absolute Gasteiger partial charge is 0.365 e. The lowest BCUT2D eigenvalue weighted by atomic mass is 10.1. The highest BCUT2D eigenvalue weighted by atomic mass is 16.5. The second kappa shape index (κ2) is 9.67. The third-order valence-electron chi connectivity index (χ3n) is 5.21.